The highest BCUT2D eigenvalue weighted by Gasteiger charge is 2.22. The van der Waals surface area contributed by atoms with Gasteiger partial charge in [0.1, 0.15) is 5.56 Å². The molecule has 6 heteroatoms. The van der Waals surface area contributed by atoms with Crippen molar-refractivity contribution in [1.29, 1.82) is 0 Å². The Balaban J connectivity index is 1.38. The summed E-state index contributed by atoms with van der Waals surface area (Å²) in [7, 11) is 0. The van der Waals surface area contributed by atoms with E-state index in [4.69, 9.17) is 0 Å². The highest BCUT2D eigenvalue weighted by molar-refractivity contribution is 5.94. The lowest BCUT2D eigenvalue weighted by Crippen LogP contribution is -2.40. The van der Waals surface area contributed by atoms with Gasteiger partial charge < -0.3 is 15.4 Å². The summed E-state index contributed by atoms with van der Waals surface area (Å²) in [6.07, 6.45) is 3.63. The monoisotopic (exact) mass is 381 g/mol. The molecule has 4 rings (SSSR count). The molecular formula is C22H27N3O3. The first kappa shape index (κ1) is 18.9. The summed E-state index contributed by atoms with van der Waals surface area (Å²) in [4.78, 5) is 30.1. The molecule has 2 aliphatic rings. The third-order valence-corrected chi connectivity index (χ3v) is 5.85. The van der Waals surface area contributed by atoms with E-state index < -0.39 is 0 Å². The van der Waals surface area contributed by atoms with Crippen molar-refractivity contribution in [2.24, 2.45) is 0 Å². The second-order valence-electron chi connectivity index (χ2n) is 7.93. The van der Waals surface area contributed by atoms with Crippen LogP contribution in [0.3, 0.4) is 0 Å². The van der Waals surface area contributed by atoms with E-state index in [1.165, 1.54) is 11.1 Å². The van der Waals surface area contributed by atoms with Crippen LogP contribution in [-0.4, -0.2) is 39.6 Å². The van der Waals surface area contributed by atoms with E-state index in [0.717, 1.165) is 38.0 Å². The van der Waals surface area contributed by atoms with Gasteiger partial charge in [0.25, 0.3) is 11.5 Å². The summed E-state index contributed by atoms with van der Waals surface area (Å²) in [6.45, 7) is 2.48. The fourth-order valence-electron chi connectivity index (χ4n) is 4.20. The Bertz CT molecular complexity index is 900. The first-order valence-corrected chi connectivity index (χ1v) is 10.1. The number of fused-ring (bicyclic) bond motifs is 1. The maximum absolute atomic E-state index is 12.4. The van der Waals surface area contributed by atoms with Gasteiger partial charge in [-0.05, 0) is 55.4 Å². The van der Waals surface area contributed by atoms with Gasteiger partial charge in [-0.25, -0.2) is 0 Å². The van der Waals surface area contributed by atoms with Crippen molar-refractivity contribution >= 4 is 5.91 Å². The summed E-state index contributed by atoms with van der Waals surface area (Å²) in [6, 6.07) is 12.0. The number of aliphatic hydroxyl groups excluding tert-OH is 1. The van der Waals surface area contributed by atoms with Gasteiger partial charge in [-0.15, -0.1) is 0 Å². The molecule has 0 radical (unpaired) electrons. The van der Waals surface area contributed by atoms with Crippen molar-refractivity contribution in [3.8, 4) is 0 Å². The quantitative estimate of drug-likeness (QED) is 0.756. The summed E-state index contributed by atoms with van der Waals surface area (Å²) in [5.74, 6) is -0.332. The number of aliphatic hydroxyl groups is 1. The fraction of sp³-hybridized carbons (Fsp3) is 0.455. The van der Waals surface area contributed by atoms with Crippen LogP contribution < -0.4 is 10.9 Å². The van der Waals surface area contributed by atoms with Crippen LogP contribution in [0.25, 0.3) is 0 Å². The number of hydrogen-bond donors (Lipinski definition) is 3. The number of H-pyrrole nitrogens is 1. The molecule has 0 bridgehead atoms. The lowest BCUT2D eigenvalue weighted by Gasteiger charge is -2.28. The van der Waals surface area contributed by atoms with Crippen LogP contribution in [0, 0.1) is 0 Å². The molecule has 28 heavy (non-hydrogen) atoms. The van der Waals surface area contributed by atoms with Crippen LogP contribution in [-0.2, 0) is 19.5 Å². The summed E-state index contributed by atoms with van der Waals surface area (Å²) in [5, 5.41) is 12.5. The van der Waals surface area contributed by atoms with Gasteiger partial charge in [0.2, 0.25) is 0 Å². The van der Waals surface area contributed by atoms with Crippen molar-refractivity contribution in [3.63, 3.8) is 0 Å². The smallest absolute Gasteiger partial charge is 0.261 e. The first-order valence-electron chi connectivity index (χ1n) is 10.1. The number of aromatic amines is 1. The molecule has 0 atom stereocenters. The van der Waals surface area contributed by atoms with Crippen LogP contribution in [0.2, 0.25) is 0 Å². The van der Waals surface area contributed by atoms with Gasteiger partial charge in [0, 0.05) is 31.4 Å². The minimum Gasteiger partial charge on any atom is -0.393 e. The van der Waals surface area contributed by atoms with Gasteiger partial charge in [-0.3, -0.25) is 14.5 Å². The Morgan fingerprint density at radius 2 is 1.86 bits per heavy atom. The molecular weight excluding hydrogens is 354 g/mol. The number of rotatable bonds is 4. The maximum Gasteiger partial charge on any atom is 0.261 e. The minimum absolute atomic E-state index is 0.0309. The molecule has 2 heterocycles. The average Bonchev–Trinajstić information content (AvgIpc) is 2.69. The number of carbonyl (C=O) groups excluding carboxylic acids is 1. The Morgan fingerprint density at radius 1 is 1.11 bits per heavy atom. The highest BCUT2D eigenvalue weighted by Crippen LogP contribution is 2.20. The summed E-state index contributed by atoms with van der Waals surface area (Å²) < 4.78 is 0. The van der Waals surface area contributed by atoms with E-state index in [2.05, 4.69) is 39.5 Å². The topological polar surface area (TPSA) is 85.4 Å². The Morgan fingerprint density at radius 3 is 2.61 bits per heavy atom. The molecule has 1 aliphatic heterocycles. The van der Waals surface area contributed by atoms with Crippen LogP contribution >= 0.6 is 0 Å². The Hall–Kier alpha value is -2.44. The number of hydrogen-bond acceptors (Lipinski definition) is 4. The third kappa shape index (κ3) is 4.34. The number of nitrogens with zero attached hydrogens (tertiary/aromatic N) is 1. The zero-order valence-electron chi connectivity index (χ0n) is 16.0. The van der Waals surface area contributed by atoms with Crippen LogP contribution in [0.4, 0.5) is 0 Å². The molecule has 2 aromatic rings. The van der Waals surface area contributed by atoms with E-state index in [1.54, 1.807) is 6.07 Å². The van der Waals surface area contributed by atoms with E-state index >= 15 is 0 Å². The van der Waals surface area contributed by atoms with E-state index in [-0.39, 0.29) is 29.2 Å². The lowest BCUT2D eigenvalue weighted by atomic mass is 9.93. The molecule has 0 saturated heterocycles. The summed E-state index contributed by atoms with van der Waals surface area (Å²) in [5.41, 5.74) is 3.36. The highest BCUT2D eigenvalue weighted by atomic mass is 16.3. The molecule has 1 fully saturated rings. The number of benzene rings is 1. The van der Waals surface area contributed by atoms with Gasteiger partial charge in [0.05, 0.1) is 6.10 Å². The largest absolute Gasteiger partial charge is 0.393 e. The van der Waals surface area contributed by atoms with Crippen LogP contribution in [0.15, 0.2) is 41.2 Å². The maximum atomic E-state index is 12.4. The Labute approximate surface area is 164 Å². The second kappa shape index (κ2) is 8.29. The predicted octanol–water partition coefficient (Wildman–Crippen LogP) is 1.97. The number of aromatic nitrogens is 1. The zero-order chi connectivity index (χ0) is 19.5. The van der Waals surface area contributed by atoms with Crippen molar-refractivity contribution in [3.05, 3.63) is 69.1 Å². The molecule has 1 aromatic heterocycles. The van der Waals surface area contributed by atoms with Gasteiger partial charge in [-0.2, -0.15) is 0 Å². The fourth-order valence-corrected chi connectivity index (χ4v) is 4.20. The van der Waals surface area contributed by atoms with Crippen LogP contribution in [0.1, 0.15) is 52.9 Å². The number of amides is 1. The van der Waals surface area contributed by atoms with Crippen molar-refractivity contribution in [2.45, 2.75) is 57.3 Å². The lowest BCUT2D eigenvalue weighted by molar-refractivity contribution is 0.0866. The molecule has 6 nitrogen and oxygen atoms in total. The molecule has 1 amide bonds. The number of pyridine rings is 1. The number of carbonyl (C=O) groups is 1. The third-order valence-electron chi connectivity index (χ3n) is 5.85. The molecule has 1 aliphatic carbocycles. The molecule has 3 N–H and O–H groups in total. The zero-order valence-corrected chi connectivity index (χ0v) is 16.0. The normalized spacial score (nSPS) is 22.5. The van der Waals surface area contributed by atoms with E-state index in [0.29, 0.717) is 19.4 Å². The Kier molecular flexibility index (Phi) is 5.59. The molecule has 0 spiro atoms. The van der Waals surface area contributed by atoms with Gasteiger partial charge in [-0.1, -0.05) is 24.3 Å². The SMILES string of the molecule is O=C(NC1CCC(O)CC1)c1ccc(CN2CCc3ccccc3C2)[nH]c1=O. The van der Waals surface area contributed by atoms with E-state index in [1.807, 2.05) is 6.07 Å². The average molecular weight is 381 g/mol. The second-order valence-corrected chi connectivity index (χ2v) is 7.93. The van der Waals surface area contributed by atoms with E-state index in [9.17, 15) is 14.7 Å². The molecule has 0 unspecified atom stereocenters. The van der Waals surface area contributed by atoms with Crippen LogP contribution in [0.5, 0.6) is 0 Å². The number of nitrogens with one attached hydrogen (secondary N) is 2. The molecule has 148 valence electrons. The summed E-state index contributed by atoms with van der Waals surface area (Å²) >= 11 is 0. The predicted molar refractivity (Wildman–Crippen MR) is 107 cm³/mol. The van der Waals surface area contributed by atoms with Gasteiger partial charge >= 0.3 is 0 Å². The van der Waals surface area contributed by atoms with Gasteiger partial charge in [0.15, 0.2) is 0 Å². The minimum atomic E-state index is -0.344. The van der Waals surface area contributed by atoms with Crippen molar-refractivity contribution < 1.29 is 9.90 Å². The molecule has 1 saturated carbocycles. The first-order chi connectivity index (χ1) is 13.6. The standard InChI is InChI=1S/C22H27N3O3/c26-19-8-5-17(6-9-19)23-21(27)20-10-7-18(24-22(20)28)14-25-12-11-15-3-1-2-4-16(15)13-25/h1-4,7,10,17,19,26H,5-6,8-9,11-14H2,(H,23,27)(H,24,28). The van der Waals surface area contributed by atoms with Crippen molar-refractivity contribution in [2.75, 3.05) is 6.54 Å². The van der Waals surface area contributed by atoms with Crippen molar-refractivity contribution in [1.82, 2.24) is 15.2 Å². The molecule has 1 aromatic carbocycles.